The number of aromatic nitrogens is 4. The molecule has 2 heterocycles. The van der Waals surface area contributed by atoms with Crippen LogP contribution in [0, 0.1) is 6.92 Å². The van der Waals surface area contributed by atoms with Crippen molar-refractivity contribution < 1.29 is 4.79 Å². The molecule has 0 saturated carbocycles. The third-order valence-corrected chi connectivity index (χ3v) is 3.73. The largest absolute Gasteiger partial charge is 0.347 e. The summed E-state index contributed by atoms with van der Waals surface area (Å²) in [5.74, 6) is 0.622. The summed E-state index contributed by atoms with van der Waals surface area (Å²) in [6.45, 7) is 2.39. The maximum Gasteiger partial charge on any atom is 0.242 e. The van der Waals surface area contributed by atoms with Gasteiger partial charge in [-0.05, 0) is 31.7 Å². The average molecular weight is 312 g/mol. The van der Waals surface area contributed by atoms with Crippen molar-refractivity contribution in [2.45, 2.75) is 19.5 Å². The van der Waals surface area contributed by atoms with Crippen LogP contribution in [-0.4, -0.2) is 32.7 Å². The van der Waals surface area contributed by atoms with E-state index in [1.165, 1.54) is 5.56 Å². The molecule has 23 heavy (non-hydrogen) atoms. The van der Waals surface area contributed by atoms with E-state index in [1.807, 2.05) is 38.4 Å². The minimum absolute atomic E-state index is 0.114. The van der Waals surface area contributed by atoms with Gasteiger partial charge in [-0.25, -0.2) is 4.98 Å². The molecule has 3 aromatic rings. The van der Waals surface area contributed by atoms with Crippen LogP contribution in [0.1, 0.15) is 23.0 Å². The Balaban J connectivity index is 1.69. The first-order valence-corrected chi connectivity index (χ1v) is 7.45. The number of carbonyl (C=O) groups is 1. The number of hydrogen-bond donors (Lipinski definition) is 3. The third kappa shape index (κ3) is 3.24. The molecule has 7 nitrogen and oxygen atoms in total. The lowest BCUT2D eigenvalue weighted by molar-refractivity contribution is -0.123. The van der Waals surface area contributed by atoms with Crippen LogP contribution >= 0.6 is 0 Å². The van der Waals surface area contributed by atoms with Gasteiger partial charge in [0, 0.05) is 18.8 Å². The van der Waals surface area contributed by atoms with Crippen LogP contribution in [-0.2, 0) is 18.4 Å². The fraction of sp³-hybridized carbons (Fsp3) is 0.312. The van der Waals surface area contributed by atoms with Gasteiger partial charge in [0.05, 0.1) is 23.8 Å². The number of amides is 1. The van der Waals surface area contributed by atoms with Crippen molar-refractivity contribution in [3.8, 4) is 0 Å². The molecular weight excluding hydrogens is 292 g/mol. The fourth-order valence-corrected chi connectivity index (χ4v) is 2.57. The SMILES string of the molecule is CNC(C(=O)NCc1nc2ccc(C)cc2[nH]1)c1cnn(C)c1. The second kappa shape index (κ2) is 6.21. The summed E-state index contributed by atoms with van der Waals surface area (Å²) in [6, 6.07) is 5.60. The summed E-state index contributed by atoms with van der Waals surface area (Å²) in [7, 11) is 3.58. The lowest BCUT2D eigenvalue weighted by atomic mass is 10.1. The highest BCUT2D eigenvalue weighted by molar-refractivity contribution is 5.83. The van der Waals surface area contributed by atoms with Gasteiger partial charge in [0.2, 0.25) is 5.91 Å². The molecule has 0 aliphatic heterocycles. The molecule has 0 fully saturated rings. The smallest absolute Gasteiger partial charge is 0.242 e. The molecule has 0 bridgehead atoms. The highest BCUT2D eigenvalue weighted by Crippen LogP contribution is 2.14. The monoisotopic (exact) mass is 312 g/mol. The van der Waals surface area contributed by atoms with Gasteiger partial charge in [0.15, 0.2) is 0 Å². The zero-order valence-electron chi connectivity index (χ0n) is 13.4. The second-order valence-electron chi connectivity index (χ2n) is 5.59. The van der Waals surface area contributed by atoms with Gasteiger partial charge in [-0.15, -0.1) is 0 Å². The molecular formula is C16H20N6O. The van der Waals surface area contributed by atoms with Crippen molar-refractivity contribution in [1.82, 2.24) is 30.4 Å². The number of fused-ring (bicyclic) bond motifs is 1. The Morgan fingerprint density at radius 1 is 1.43 bits per heavy atom. The Morgan fingerprint density at radius 3 is 2.96 bits per heavy atom. The zero-order chi connectivity index (χ0) is 16.4. The minimum Gasteiger partial charge on any atom is -0.347 e. The molecule has 0 aliphatic carbocycles. The minimum atomic E-state index is -0.435. The molecule has 1 atom stereocenters. The van der Waals surface area contributed by atoms with E-state index in [9.17, 15) is 4.79 Å². The van der Waals surface area contributed by atoms with Crippen molar-refractivity contribution in [2.75, 3.05) is 7.05 Å². The van der Waals surface area contributed by atoms with Gasteiger partial charge >= 0.3 is 0 Å². The first-order chi connectivity index (χ1) is 11.1. The Labute approximate surface area is 134 Å². The Bertz CT molecular complexity index is 834. The Hall–Kier alpha value is -2.67. The molecule has 1 unspecified atom stereocenters. The number of aryl methyl sites for hydroxylation is 2. The molecule has 1 amide bonds. The quantitative estimate of drug-likeness (QED) is 0.660. The predicted octanol–water partition coefficient (Wildman–Crippen LogP) is 1.18. The number of imidazole rings is 1. The molecule has 0 radical (unpaired) electrons. The first-order valence-electron chi connectivity index (χ1n) is 7.45. The van der Waals surface area contributed by atoms with Gasteiger partial charge in [-0.1, -0.05) is 6.07 Å². The van der Waals surface area contributed by atoms with Crippen molar-refractivity contribution >= 4 is 16.9 Å². The van der Waals surface area contributed by atoms with Crippen LogP contribution < -0.4 is 10.6 Å². The highest BCUT2D eigenvalue weighted by Gasteiger charge is 2.20. The highest BCUT2D eigenvalue weighted by atomic mass is 16.2. The average Bonchev–Trinajstić information content (AvgIpc) is 3.11. The van der Waals surface area contributed by atoms with E-state index in [1.54, 1.807) is 17.9 Å². The maximum atomic E-state index is 12.4. The standard InChI is InChI=1S/C16H20N6O/c1-10-4-5-12-13(6-10)21-14(20-12)8-18-16(23)15(17-2)11-7-19-22(3)9-11/h4-7,9,15,17H,8H2,1-3H3,(H,18,23)(H,20,21). The van der Waals surface area contributed by atoms with Crippen LogP contribution in [0.3, 0.4) is 0 Å². The van der Waals surface area contributed by atoms with Gasteiger partial charge in [0.1, 0.15) is 11.9 Å². The molecule has 0 saturated heterocycles. The van der Waals surface area contributed by atoms with Crippen LogP contribution in [0.25, 0.3) is 11.0 Å². The predicted molar refractivity (Wildman–Crippen MR) is 87.7 cm³/mol. The number of hydrogen-bond acceptors (Lipinski definition) is 4. The van der Waals surface area contributed by atoms with Crippen molar-refractivity contribution in [2.24, 2.45) is 7.05 Å². The molecule has 1 aromatic carbocycles. The zero-order valence-corrected chi connectivity index (χ0v) is 13.4. The van der Waals surface area contributed by atoms with Crippen LogP contribution in [0.4, 0.5) is 0 Å². The normalized spacial score (nSPS) is 12.5. The summed E-state index contributed by atoms with van der Waals surface area (Å²) in [5, 5.41) is 10.0. The van der Waals surface area contributed by atoms with Gasteiger partial charge in [0.25, 0.3) is 0 Å². The van der Waals surface area contributed by atoms with Crippen molar-refractivity contribution in [3.63, 3.8) is 0 Å². The molecule has 3 rings (SSSR count). The van der Waals surface area contributed by atoms with E-state index >= 15 is 0 Å². The molecule has 120 valence electrons. The summed E-state index contributed by atoms with van der Waals surface area (Å²) < 4.78 is 1.68. The summed E-state index contributed by atoms with van der Waals surface area (Å²) in [4.78, 5) is 20.1. The van der Waals surface area contributed by atoms with E-state index in [0.29, 0.717) is 6.54 Å². The maximum absolute atomic E-state index is 12.4. The first kappa shape index (κ1) is 15.2. The molecule has 0 aliphatic rings. The van der Waals surface area contributed by atoms with E-state index in [2.05, 4.69) is 25.7 Å². The topological polar surface area (TPSA) is 87.6 Å². The van der Waals surface area contributed by atoms with Crippen molar-refractivity contribution in [3.05, 3.63) is 47.5 Å². The van der Waals surface area contributed by atoms with E-state index in [4.69, 9.17) is 0 Å². The van der Waals surface area contributed by atoms with Crippen LogP contribution in [0.2, 0.25) is 0 Å². The van der Waals surface area contributed by atoms with Gasteiger partial charge in [-0.3, -0.25) is 9.48 Å². The van der Waals surface area contributed by atoms with E-state index in [-0.39, 0.29) is 5.91 Å². The Kier molecular flexibility index (Phi) is 4.12. The Morgan fingerprint density at radius 2 is 2.26 bits per heavy atom. The van der Waals surface area contributed by atoms with Gasteiger partial charge in [-0.2, -0.15) is 5.10 Å². The van der Waals surface area contributed by atoms with Crippen LogP contribution in [0.5, 0.6) is 0 Å². The lowest BCUT2D eigenvalue weighted by Crippen LogP contribution is -2.35. The summed E-state index contributed by atoms with van der Waals surface area (Å²) in [5.41, 5.74) is 3.88. The van der Waals surface area contributed by atoms with E-state index < -0.39 is 6.04 Å². The van der Waals surface area contributed by atoms with Crippen LogP contribution in [0.15, 0.2) is 30.6 Å². The summed E-state index contributed by atoms with van der Waals surface area (Å²) >= 11 is 0. The molecule has 7 heteroatoms. The van der Waals surface area contributed by atoms with Gasteiger partial charge < -0.3 is 15.6 Å². The fourth-order valence-electron chi connectivity index (χ4n) is 2.57. The summed E-state index contributed by atoms with van der Waals surface area (Å²) in [6.07, 6.45) is 3.51. The molecule has 3 N–H and O–H groups in total. The third-order valence-electron chi connectivity index (χ3n) is 3.73. The number of benzene rings is 1. The second-order valence-corrected chi connectivity index (χ2v) is 5.59. The lowest BCUT2D eigenvalue weighted by Gasteiger charge is -2.13. The number of aromatic amines is 1. The number of nitrogens with zero attached hydrogens (tertiary/aromatic N) is 3. The number of likely N-dealkylation sites (N-methyl/N-ethyl adjacent to an activating group) is 1. The molecule has 2 aromatic heterocycles. The number of nitrogens with one attached hydrogen (secondary N) is 3. The molecule has 0 spiro atoms. The number of H-pyrrole nitrogens is 1. The van der Waals surface area contributed by atoms with Crippen molar-refractivity contribution in [1.29, 1.82) is 0 Å². The number of carbonyl (C=O) groups excluding carboxylic acids is 1. The number of rotatable bonds is 5. The van der Waals surface area contributed by atoms with E-state index in [0.717, 1.165) is 22.4 Å².